The summed E-state index contributed by atoms with van der Waals surface area (Å²) in [5.74, 6) is -0.0589. The van der Waals surface area contributed by atoms with Crippen molar-refractivity contribution in [3.8, 4) is 12.1 Å². The van der Waals surface area contributed by atoms with Crippen LogP contribution < -0.4 is 0 Å². The molecule has 2 saturated heterocycles. The second-order valence-electron chi connectivity index (χ2n) is 11.6. The standard InChI is InChI=1S/C26H46N2O8P2/c1-17-19(3)32-21(23(17)29)16-31-38(10,36-26(7,8)12-14-28)34-24-18(2)20(4)33-22(24)15-30-37(9)35-25(5,6)11-13-27/h17-24,29H,10-12,15-16H2,1-9H3. The fourth-order valence-electron chi connectivity index (χ4n) is 4.44. The molecule has 0 amide bonds. The molecule has 10 nitrogen and oxygen atoms in total. The van der Waals surface area contributed by atoms with Crippen LogP contribution in [0.1, 0.15) is 68.2 Å². The molecule has 0 aromatic carbocycles. The van der Waals surface area contributed by atoms with Crippen LogP contribution in [0, 0.1) is 34.5 Å². The van der Waals surface area contributed by atoms with Gasteiger partial charge in [-0.2, -0.15) is 10.5 Å². The highest BCUT2D eigenvalue weighted by molar-refractivity contribution is 7.59. The maximum absolute atomic E-state index is 10.6. The molecule has 2 rings (SSSR count). The number of ether oxygens (including phenoxy) is 2. The Kier molecular flexibility index (Phi) is 12.2. The molecule has 0 aliphatic carbocycles. The lowest BCUT2D eigenvalue weighted by Crippen LogP contribution is -2.35. The predicted molar refractivity (Wildman–Crippen MR) is 147 cm³/mol. The van der Waals surface area contributed by atoms with Gasteiger partial charge in [-0.15, -0.1) is 0 Å². The highest BCUT2D eigenvalue weighted by atomic mass is 31.2. The molecule has 0 aromatic heterocycles. The van der Waals surface area contributed by atoms with Crippen LogP contribution in [0.2, 0.25) is 0 Å². The minimum absolute atomic E-state index is 0.0246. The Morgan fingerprint density at radius 1 is 0.921 bits per heavy atom. The summed E-state index contributed by atoms with van der Waals surface area (Å²) in [5.41, 5.74) is -1.50. The van der Waals surface area contributed by atoms with Gasteiger partial charge in [0, 0.05) is 18.5 Å². The highest BCUT2D eigenvalue weighted by Gasteiger charge is 2.46. The lowest BCUT2D eigenvalue weighted by atomic mass is 10.00. The van der Waals surface area contributed by atoms with Gasteiger partial charge in [-0.1, -0.05) is 13.8 Å². The molecule has 38 heavy (non-hydrogen) atoms. The lowest BCUT2D eigenvalue weighted by molar-refractivity contribution is -0.0392. The van der Waals surface area contributed by atoms with E-state index < -0.39 is 51.6 Å². The summed E-state index contributed by atoms with van der Waals surface area (Å²) in [5, 5.41) is 28.9. The van der Waals surface area contributed by atoms with Crippen LogP contribution in [0.5, 0.6) is 0 Å². The molecule has 0 spiro atoms. The van der Waals surface area contributed by atoms with Gasteiger partial charge in [0.2, 0.25) is 0 Å². The van der Waals surface area contributed by atoms with E-state index in [-0.39, 0.29) is 50.1 Å². The normalized spacial score (nSPS) is 34.4. The zero-order valence-electron chi connectivity index (χ0n) is 24.2. The number of hydrogen-bond donors (Lipinski definition) is 1. The fourth-order valence-corrected chi connectivity index (χ4v) is 7.66. The molecule has 218 valence electrons. The van der Waals surface area contributed by atoms with Crippen molar-refractivity contribution in [2.24, 2.45) is 11.8 Å². The molecule has 0 radical (unpaired) electrons. The third-order valence-electron chi connectivity index (χ3n) is 6.97. The van der Waals surface area contributed by atoms with Crippen LogP contribution in [0.25, 0.3) is 0 Å². The molecule has 0 aromatic rings. The Bertz CT molecular complexity index is 905. The van der Waals surface area contributed by atoms with E-state index in [1.165, 1.54) is 0 Å². The molecule has 2 heterocycles. The van der Waals surface area contributed by atoms with Crippen molar-refractivity contribution in [1.29, 1.82) is 10.5 Å². The summed E-state index contributed by atoms with van der Waals surface area (Å²) in [6.45, 7) is 17.2. The van der Waals surface area contributed by atoms with Crippen LogP contribution in [-0.4, -0.2) is 79.1 Å². The Morgan fingerprint density at radius 2 is 1.47 bits per heavy atom. The van der Waals surface area contributed by atoms with Gasteiger partial charge >= 0.3 is 0 Å². The molecular weight excluding hydrogens is 530 g/mol. The van der Waals surface area contributed by atoms with Crippen molar-refractivity contribution in [2.75, 3.05) is 19.9 Å². The predicted octanol–water partition coefficient (Wildman–Crippen LogP) is 5.17. The van der Waals surface area contributed by atoms with Gasteiger partial charge in [-0.05, 0) is 47.8 Å². The molecule has 2 fully saturated rings. The quantitative estimate of drug-likeness (QED) is 0.276. The summed E-state index contributed by atoms with van der Waals surface area (Å²) < 4.78 is 43.0. The number of aliphatic hydroxyl groups is 1. The molecule has 12 heteroatoms. The Hall–Kier alpha value is -0.610. The van der Waals surface area contributed by atoms with Crippen LogP contribution >= 0.6 is 15.9 Å². The molecule has 10 unspecified atom stereocenters. The topological polar surface area (TPSA) is 132 Å². The lowest BCUT2D eigenvalue weighted by Gasteiger charge is -2.36. The number of aliphatic hydroxyl groups excluding tert-OH is 1. The number of nitrogens with zero attached hydrogens (tertiary/aromatic N) is 2. The number of hydrogen-bond acceptors (Lipinski definition) is 10. The molecule has 2 aliphatic heterocycles. The van der Waals surface area contributed by atoms with E-state index in [1.807, 2.05) is 48.2 Å². The Labute approximate surface area is 230 Å². The van der Waals surface area contributed by atoms with Gasteiger partial charge in [0.25, 0.3) is 7.57 Å². The summed E-state index contributed by atoms with van der Waals surface area (Å²) in [4.78, 5) is 0. The molecule has 10 atom stereocenters. The van der Waals surface area contributed by atoms with E-state index in [0.717, 1.165) is 0 Å². The van der Waals surface area contributed by atoms with E-state index in [0.29, 0.717) is 0 Å². The average molecular weight is 577 g/mol. The van der Waals surface area contributed by atoms with Gasteiger partial charge in [-0.25, -0.2) is 0 Å². The van der Waals surface area contributed by atoms with E-state index in [1.54, 1.807) is 13.8 Å². The first kappa shape index (κ1) is 33.6. The first-order valence-corrected chi connectivity index (χ1v) is 16.4. The SMILES string of the molecule is C=P(OCC1OC(C)C(C)C1O)(OC1C(COP(C)OC(C)(C)CC#N)OC(C)C1C)OC(C)(C)CC#N. The monoisotopic (exact) mass is 576 g/mol. The Morgan fingerprint density at radius 3 is 2.03 bits per heavy atom. The van der Waals surface area contributed by atoms with Crippen molar-refractivity contribution in [2.45, 2.75) is 116 Å². The van der Waals surface area contributed by atoms with Crippen molar-refractivity contribution < 1.29 is 37.2 Å². The van der Waals surface area contributed by atoms with Crippen molar-refractivity contribution in [3.63, 3.8) is 0 Å². The molecule has 0 bridgehead atoms. The van der Waals surface area contributed by atoms with E-state index >= 15 is 0 Å². The van der Waals surface area contributed by atoms with Gasteiger partial charge in [0.1, 0.15) is 12.2 Å². The van der Waals surface area contributed by atoms with Crippen LogP contribution in [0.4, 0.5) is 0 Å². The Balaban J connectivity index is 2.16. The summed E-state index contributed by atoms with van der Waals surface area (Å²) >= 11 is 0. The second kappa shape index (κ2) is 13.8. The average Bonchev–Trinajstić information content (AvgIpc) is 3.19. The first-order chi connectivity index (χ1) is 17.5. The molecular formula is C26H46N2O8P2. The molecule has 2 aliphatic rings. The fraction of sp³-hybridized carbons (Fsp3) is 0.885. The van der Waals surface area contributed by atoms with E-state index in [9.17, 15) is 10.4 Å². The van der Waals surface area contributed by atoms with Crippen LogP contribution in [0.15, 0.2) is 0 Å². The summed E-state index contributed by atoms with van der Waals surface area (Å²) in [7, 11) is -4.54. The zero-order chi connectivity index (χ0) is 28.9. The smallest absolute Gasteiger partial charge is 0.251 e. The summed E-state index contributed by atoms with van der Waals surface area (Å²) in [6, 6.07) is 4.27. The first-order valence-electron chi connectivity index (χ1n) is 13.1. The largest absolute Gasteiger partial charge is 0.390 e. The minimum atomic E-state index is -3.27. The second-order valence-corrected chi connectivity index (χ2v) is 14.7. The maximum atomic E-state index is 10.6. The van der Waals surface area contributed by atoms with E-state index in [4.69, 9.17) is 37.4 Å². The van der Waals surface area contributed by atoms with Crippen molar-refractivity contribution in [3.05, 3.63) is 0 Å². The third kappa shape index (κ3) is 9.50. The zero-order valence-corrected chi connectivity index (χ0v) is 26.0. The van der Waals surface area contributed by atoms with Gasteiger partial charge < -0.3 is 37.2 Å². The molecule has 1 N–H and O–H groups in total. The number of rotatable bonds is 14. The van der Waals surface area contributed by atoms with Gasteiger partial charge in [0.05, 0.1) is 73.8 Å². The van der Waals surface area contributed by atoms with Gasteiger partial charge in [0.15, 0.2) is 8.38 Å². The highest BCUT2D eigenvalue weighted by Crippen LogP contribution is 2.56. The van der Waals surface area contributed by atoms with Crippen LogP contribution in [-0.2, 0) is 32.1 Å². The van der Waals surface area contributed by atoms with Crippen molar-refractivity contribution >= 4 is 22.2 Å². The van der Waals surface area contributed by atoms with Gasteiger partial charge in [-0.3, -0.25) is 0 Å². The number of nitriles is 2. The minimum Gasteiger partial charge on any atom is -0.390 e. The van der Waals surface area contributed by atoms with E-state index in [2.05, 4.69) is 18.4 Å². The van der Waals surface area contributed by atoms with Crippen molar-refractivity contribution in [1.82, 2.24) is 0 Å². The maximum Gasteiger partial charge on any atom is 0.251 e. The third-order valence-corrected chi connectivity index (χ3v) is 10.1. The summed E-state index contributed by atoms with van der Waals surface area (Å²) in [6.07, 6.45) is 2.25. The van der Waals surface area contributed by atoms with Crippen LogP contribution in [0.3, 0.4) is 0 Å². The molecule has 0 saturated carbocycles.